The van der Waals surface area contributed by atoms with Crippen molar-refractivity contribution >= 4 is 19.7 Å². The Labute approximate surface area is 122 Å². The van der Waals surface area contributed by atoms with Crippen molar-refractivity contribution < 1.29 is 13.2 Å². The molecule has 0 aliphatic heterocycles. The van der Waals surface area contributed by atoms with Gasteiger partial charge in [-0.15, -0.1) is 0 Å². The molecule has 20 heavy (non-hydrogen) atoms. The van der Waals surface area contributed by atoms with Crippen LogP contribution in [-0.4, -0.2) is 18.0 Å². The summed E-state index contributed by atoms with van der Waals surface area (Å²) < 4.78 is 29.9. The lowest BCUT2D eigenvalue weighted by Gasteiger charge is -2.12. The molecule has 0 amide bonds. The van der Waals surface area contributed by atoms with E-state index < -0.39 is 9.05 Å². The molecule has 0 fully saturated rings. The zero-order valence-electron chi connectivity index (χ0n) is 11.2. The summed E-state index contributed by atoms with van der Waals surface area (Å²) >= 11 is 0. The highest BCUT2D eigenvalue weighted by Crippen LogP contribution is 2.20. The monoisotopic (exact) mass is 314 g/mol. The molecule has 0 unspecified atom stereocenters. The van der Waals surface area contributed by atoms with E-state index in [9.17, 15) is 8.42 Å². The van der Waals surface area contributed by atoms with Crippen molar-refractivity contribution in [1.82, 2.24) is 9.55 Å². The van der Waals surface area contributed by atoms with E-state index in [4.69, 9.17) is 15.4 Å². The van der Waals surface area contributed by atoms with Crippen molar-refractivity contribution in [2.24, 2.45) is 0 Å². The second-order valence-corrected chi connectivity index (χ2v) is 7.15. The molecule has 0 aliphatic carbocycles. The number of halogens is 1. The molecule has 0 saturated carbocycles. The molecular formula is C13H15ClN2O3S. The van der Waals surface area contributed by atoms with Crippen molar-refractivity contribution in [3.8, 4) is 5.75 Å². The number of rotatable bonds is 5. The fraction of sp³-hybridized carbons (Fsp3) is 0.308. The molecule has 0 N–H and O–H groups in total. The summed E-state index contributed by atoms with van der Waals surface area (Å²) in [6.07, 6.45) is 3.50. The van der Waals surface area contributed by atoms with Crippen LogP contribution in [-0.2, 0) is 15.7 Å². The molecule has 1 aromatic heterocycles. The summed E-state index contributed by atoms with van der Waals surface area (Å²) in [4.78, 5) is 4.14. The zero-order chi connectivity index (χ0) is 14.8. The predicted octanol–water partition coefficient (Wildman–Crippen LogP) is 2.97. The van der Waals surface area contributed by atoms with Crippen molar-refractivity contribution in [2.75, 3.05) is 0 Å². The van der Waals surface area contributed by atoms with E-state index in [0.29, 0.717) is 18.4 Å². The van der Waals surface area contributed by atoms with Crippen LogP contribution in [0.25, 0.3) is 0 Å². The lowest BCUT2D eigenvalue weighted by molar-refractivity contribution is 0.292. The van der Waals surface area contributed by atoms with Crippen LogP contribution in [0.2, 0.25) is 0 Å². The smallest absolute Gasteiger partial charge is 0.261 e. The van der Waals surface area contributed by atoms with Gasteiger partial charge < -0.3 is 9.30 Å². The third kappa shape index (κ3) is 3.52. The summed E-state index contributed by atoms with van der Waals surface area (Å²) in [5, 5.41) is 0. The number of hydrogen-bond acceptors (Lipinski definition) is 4. The molecule has 0 radical (unpaired) electrons. The Morgan fingerprint density at radius 2 is 1.95 bits per heavy atom. The van der Waals surface area contributed by atoms with Crippen molar-refractivity contribution in [3.05, 3.63) is 42.5 Å². The van der Waals surface area contributed by atoms with Crippen LogP contribution in [0.5, 0.6) is 5.75 Å². The number of benzene rings is 1. The molecule has 0 saturated heterocycles. The first-order valence-corrected chi connectivity index (χ1v) is 8.37. The molecular weight excluding hydrogens is 300 g/mol. The van der Waals surface area contributed by atoms with E-state index in [-0.39, 0.29) is 4.90 Å². The van der Waals surface area contributed by atoms with Crippen molar-refractivity contribution in [3.63, 3.8) is 0 Å². The average molecular weight is 315 g/mol. The van der Waals surface area contributed by atoms with Gasteiger partial charge in [0.25, 0.3) is 9.05 Å². The summed E-state index contributed by atoms with van der Waals surface area (Å²) in [5.74, 6) is 0.575. The summed E-state index contributed by atoms with van der Waals surface area (Å²) in [6, 6.07) is 6.28. The molecule has 1 heterocycles. The lowest BCUT2D eigenvalue weighted by Crippen LogP contribution is -2.07. The van der Waals surface area contributed by atoms with Gasteiger partial charge in [0.05, 0.1) is 23.1 Å². The van der Waals surface area contributed by atoms with Crippen LogP contribution < -0.4 is 4.74 Å². The Hall–Kier alpha value is -1.53. The molecule has 0 bridgehead atoms. The van der Waals surface area contributed by atoms with E-state index in [2.05, 4.69) is 18.8 Å². The largest absolute Gasteiger partial charge is 0.487 e. The molecule has 2 aromatic rings. The van der Waals surface area contributed by atoms with Gasteiger partial charge in [-0.1, -0.05) is 0 Å². The van der Waals surface area contributed by atoms with Gasteiger partial charge in [0.1, 0.15) is 12.4 Å². The summed E-state index contributed by atoms with van der Waals surface area (Å²) in [5.41, 5.74) is 0.953. The van der Waals surface area contributed by atoms with Gasteiger partial charge in [-0.2, -0.15) is 0 Å². The first kappa shape index (κ1) is 14.9. The van der Waals surface area contributed by atoms with Crippen molar-refractivity contribution in [1.29, 1.82) is 0 Å². The van der Waals surface area contributed by atoms with Gasteiger partial charge in [-0.25, -0.2) is 13.4 Å². The SMILES string of the molecule is CC(C)n1cncc1COc1ccc(S(=O)(=O)Cl)cc1. The number of hydrogen-bond donors (Lipinski definition) is 0. The van der Waals surface area contributed by atoms with E-state index in [1.54, 1.807) is 24.7 Å². The zero-order valence-corrected chi connectivity index (χ0v) is 12.7. The Morgan fingerprint density at radius 3 is 2.50 bits per heavy atom. The maximum atomic E-state index is 11.1. The molecule has 7 heteroatoms. The maximum absolute atomic E-state index is 11.1. The molecule has 2 rings (SSSR count). The van der Waals surface area contributed by atoms with Crippen LogP contribution in [0.1, 0.15) is 25.6 Å². The highest BCUT2D eigenvalue weighted by atomic mass is 35.7. The summed E-state index contributed by atoms with van der Waals surface area (Å²) in [6.45, 7) is 4.49. The highest BCUT2D eigenvalue weighted by molar-refractivity contribution is 8.13. The Bertz CT molecular complexity index is 678. The Balaban J connectivity index is 2.06. The second-order valence-electron chi connectivity index (χ2n) is 4.58. The fourth-order valence-electron chi connectivity index (χ4n) is 1.76. The summed E-state index contributed by atoms with van der Waals surface area (Å²) in [7, 11) is 1.55. The maximum Gasteiger partial charge on any atom is 0.261 e. The number of nitrogens with zero attached hydrogens (tertiary/aromatic N) is 2. The third-order valence-corrected chi connectivity index (χ3v) is 4.16. The van der Waals surface area contributed by atoms with Crippen LogP contribution >= 0.6 is 10.7 Å². The molecule has 1 aromatic carbocycles. The fourth-order valence-corrected chi connectivity index (χ4v) is 2.53. The Morgan fingerprint density at radius 1 is 1.30 bits per heavy atom. The van der Waals surface area contributed by atoms with E-state index >= 15 is 0 Å². The van der Waals surface area contributed by atoms with Gasteiger partial charge in [-0.3, -0.25) is 0 Å². The van der Waals surface area contributed by atoms with Crippen LogP contribution in [0, 0.1) is 0 Å². The van der Waals surface area contributed by atoms with Gasteiger partial charge in [-0.05, 0) is 38.1 Å². The first-order chi connectivity index (χ1) is 9.38. The second kappa shape index (κ2) is 5.85. The van der Waals surface area contributed by atoms with E-state index in [1.165, 1.54) is 12.1 Å². The first-order valence-electron chi connectivity index (χ1n) is 6.06. The van der Waals surface area contributed by atoms with Gasteiger partial charge in [0.2, 0.25) is 0 Å². The standard InChI is InChI=1S/C13H15ClN2O3S/c1-10(2)16-9-15-7-11(16)8-19-12-3-5-13(6-4-12)20(14,17)18/h3-7,9-10H,8H2,1-2H3. The average Bonchev–Trinajstić information content (AvgIpc) is 2.84. The predicted molar refractivity (Wildman–Crippen MR) is 76.4 cm³/mol. The van der Waals surface area contributed by atoms with Gasteiger partial charge >= 0.3 is 0 Å². The molecule has 108 valence electrons. The molecule has 0 aliphatic rings. The quantitative estimate of drug-likeness (QED) is 0.796. The van der Waals surface area contributed by atoms with Crippen LogP contribution in [0.15, 0.2) is 41.7 Å². The minimum atomic E-state index is -3.69. The van der Waals surface area contributed by atoms with Crippen LogP contribution in [0.4, 0.5) is 0 Å². The topological polar surface area (TPSA) is 61.2 Å². The minimum absolute atomic E-state index is 0.0544. The minimum Gasteiger partial charge on any atom is -0.487 e. The lowest BCUT2D eigenvalue weighted by atomic mass is 10.3. The van der Waals surface area contributed by atoms with E-state index in [1.807, 2.05) is 4.57 Å². The van der Waals surface area contributed by atoms with Gasteiger partial charge in [0.15, 0.2) is 0 Å². The third-order valence-electron chi connectivity index (χ3n) is 2.79. The number of ether oxygens (including phenoxy) is 1. The van der Waals surface area contributed by atoms with Gasteiger partial charge in [0, 0.05) is 16.7 Å². The molecule has 0 atom stereocenters. The molecule has 5 nitrogen and oxygen atoms in total. The number of aromatic nitrogens is 2. The van der Waals surface area contributed by atoms with E-state index in [0.717, 1.165) is 5.69 Å². The Kier molecular flexibility index (Phi) is 4.35. The normalized spacial score (nSPS) is 11.8. The van der Waals surface area contributed by atoms with Crippen LogP contribution in [0.3, 0.4) is 0 Å². The highest BCUT2D eigenvalue weighted by Gasteiger charge is 2.10. The number of imidazole rings is 1. The molecule has 0 spiro atoms. The van der Waals surface area contributed by atoms with Crippen molar-refractivity contribution in [2.45, 2.75) is 31.4 Å².